The fraction of sp³-hybridized carbons (Fsp3) is 0.333. The Morgan fingerprint density at radius 1 is 1.04 bits per heavy atom. The smallest absolute Gasteiger partial charge is 0.244 e. The highest BCUT2D eigenvalue weighted by Gasteiger charge is 2.20. The molecule has 0 aromatic heterocycles. The predicted molar refractivity (Wildman–Crippen MR) is 104 cm³/mol. The van der Waals surface area contributed by atoms with Crippen molar-refractivity contribution in [2.75, 3.05) is 23.6 Å². The summed E-state index contributed by atoms with van der Waals surface area (Å²) in [6, 6.07) is 12.9. The number of fused-ring (bicyclic) bond motifs is 1. The van der Waals surface area contributed by atoms with Crippen molar-refractivity contribution in [3.05, 3.63) is 48.0 Å². The second-order valence-electron chi connectivity index (χ2n) is 7.52. The highest BCUT2D eigenvalue weighted by molar-refractivity contribution is 6.02. The van der Waals surface area contributed by atoms with Gasteiger partial charge in [0.05, 0.1) is 0 Å². The summed E-state index contributed by atoms with van der Waals surface area (Å²) in [6.07, 6.45) is 0. The molecule has 0 fully saturated rings. The Balaban J connectivity index is 1.70. The predicted octanol–water partition coefficient (Wildman–Crippen LogP) is 3.70. The molecule has 2 aromatic rings. The van der Waals surface area contributed by atoms with Gasteiger partial charge in [-0.1, -0.05) is 32.9 Å². The zero-order valence-electron chi connectivity index (χ0n) is 16.0. The molecule has 1 N–H and O–H groups in total. The number of benzene rings is 2. The number of nitrogens with one attached hydrogen (secondary N) is 1. The van der Waals surface area contributed by atoms with Crippen molar-refractivity contribution in [1.29, 1.82) is 0 Å². The van der Waals surface area contributed by atoms with Gasteiger partial charge in [-0.2, -0.15) is 0 Å². The Bertz CT molecular complexity index is 853. The highest BCUT2D eigenvalue weighted by Crippen LogP contribution is 2.35. The molecular formula is C21H24N2O4. The van der Waals surface area contributed by atoms with E-state index in [9.17, 15) is 9.59 Å². The number of anilines is 2. The largest absolute Gasteiger partial charge is 0.454 e. The van der Waals surface area contributed by atoms with Gasteiger partial charge in [0.1, 0.15) is 6.54 Å². The van der Waals surface area contributed by atoms with Gasteiger partial charge in [0.25, 0.3) is 0 Å². The van der Waals surface area contributed by atoms with Crippen LogP contribution in [0.25, 0.3) is 0 Å². The van der Waals surface area contributed by atoms with Crippen LogP contribution in [0.4, 0.5) is 11.4 Å². The Labute approximate surface area is 159 Å². The van der Waals surface area contributed by atoms with Crippen molar-refractivity contribution < 1.29 is 19.1 Å². The van der Waals surface area contributed by atoms with Crippen LogP contribution in [0.5, 0.6) is 11.5 Å². The minimum atomic E-state index is -0.272. The molecule has 2 amide bonds. The first-order valence-electron chi connectivity index (χ1n) is 8.82. The molecule has 1 aliphatic heterocycles. The molecule has 142 valence electrons. The first-order valence-corrected chi connectivity index (χ1v) is 8.82. The van der Waals surface area contributed by atoms with E-state index in [1.54, 1.807) is 18.2 Å². The molecule has 2 aromatic carbocycles. The minimum absolute atomic E-state index is 0.0489. The van der Waals surface area contributed by atoms with E-state index in [1.807, 2.05) is 24.3 Å². The maximum absolute atomic E-state index is 12.5. The third-order valence-electron chi connectivity index (χ3n) is 4.38. The average molecular weight is 368 g/mol. The first kappa shape index (κ1) is 18.8. The van der Waals surface area contributed by atoms with E-state index in [1.165, 1.54) is 17.4 Å². The van der Waals surface area contributed by atoms with Gasteiger partial charge in [-0.15, -0.1) is 0 Å². The van der Waals surface area contributed by atoms with Crippen LogP contribution in [0.1, 0.15) is 33.3 Å². The van der Waals surface area contributed by atoms with Crippen LogP contribution in [0.3, 0.4) is 0 Å². The molecule has 3 rings (SSSR count). The molecule has 0 spiro atoms. The zero-order chi connectivity index (χ0) is 19.6. The van der Waals surface area contributed by atoms with Crippen molar-refractivity contribution in [1.82, 2.24) is 0 Å². The highest BCUT2D eigenvalue weighted by atomic mass is 16.7. The van der Waals surface area contributed by atoms with E-state index >= 15 is 0 Å². The number of carbonyl (C=O) groups excluding carboxylic acids is 2. The Morgan fingerprint density at radius 2 is 1.70 bits per heavy atom. The summed E-state index contributed by atoms with van der Waals surface area (Å²) < 4.78 is 10.6. The lowest BCUT2D eigenvalue weighted by Gasteiger charge is -2.21. The van der Waals surface area contributed by atoms with Crippen molar-refractivity contribution >= 4 is 23.2 Å². The van der Waals surface area contributed by atoms with Crippen molar-refractivity contribution in [3.8, 4) is 11.5 Å². The molecule has 0 radical (unpaired) electrons. The van der Waals surface area contributed by atoms with Gasteiger partial charge in [-0.25, -0.2) is 0 Å². The van der Waals surface area contributed by atoms with E-state index in [0.29, 0.717) is 22.9 Å². The summed E-state index contributed by atoms with van der Waals surface area (Å²) in [4.78, 5) is 25.9. The Hall–Kier alpha value is -3.02. The molecule has 0 saturated heterocycles. The molecule has 6 heteroatoms. The topological polar surface area (TPSA) is 67.9 Å². The lowest BCUT2D eigenvalue weighted by Crippen LogP contribution is -2.36. The fourth-order valence-electron chi connectivity index (χ4n) is 2.84. The Kier molecular flexibility index (Phi) is 5.08. The van der Waals surface area contributed by atoms with Crippen LogP contribution in [0.2, 0.25) is 0 Å². The molecule has 1 aliphatic rings. The summed E-state index contributed by atoms with van der Waals surface area (Å²) in [5.74, 6) is 0.695. The molecule has 0 unspecified atom stereocenters. The summed E-state index contributed by atoms with van der Waals surface area (Å²) in [5, 5.41) is 2.84. The van der Waals surface area contributed by atoms with Crippen molar-refractivity contribution in [3.63, 3.8) is 0 Å². The normalized spacial score (nSPS) is 12.6. The molecule has 0 aliphatic carbocycles. The standard InChI is InChI=1S/C21H24N2O4/c1-14(24)23(17-9-10-18-19(11-17)27-13-26-18)12-20(25)22-16-7-5-15(6-8-16)21(2,3)4/h5-11H,12-13H2,1-4H3,(H,22,25). The summed E-state index contributed by atoms with van der Waals surface area (Å²) in [5.41, 5.74) is 2.52. The third kappa shape index (κ3) is 4.39. The molecular weight excluding hydrogens is 344 g/mol. The number of hydrogen-bond donors (Lipinski definition) is 1. The van der Waals surface area contributed by atoms with E-state index in [2.05, 4.69) is 26.1 Å². The molecule has 27 heavy (non-hydrogen) atoms. The van der Waals surface area contributed by atoms with Crippen LogP contribution < -0.4 is 19.7 Å². The third-order valence-corrected chi connectivity index (χ3v) is 4.38. The van der Waals surface area contributed by atoms with Crippen molar-refractivity contribution in [2.24, 2.45) is 0 Å². The van der Waals surface area contributed by atoms with Gasteiger partial charge < -0.3 is 19.7 Å². The van der Waals surface area contributed by atoms with Crippen LogP contribution in [-0.2, 0) is 15.0 Å². The minimum Gasteiger partial charge on any atom is -0.454 e. The molecule has 0 saturated carbocycles. The summed E-state index contributed by atoms with van der Waals surface area (Å²) in [6.45, 7) is 7.90. The first-order chi connectivity index (χ1) is 12.7. The molecule has 6 nitrogen and oxygen atoms in total. The maximum atomic E-state index is 12.5. The number of nitrogens with zero attached hydrogens (tertiary/aromatic N) is 1. The van der Waals surface area contributed by atoms with Gasteiger partial charge in [0.2, 0.25) is 18.6 Å². The lowest BCUT2D eigenvalue weighted by atomic mass is 9.87. The van der Waals surface area contributed by atoms with Crippen molar-refractivity contribution in [2.45, 2.75) is 33.1 Å². The zero-order valence-corrected chi connectivity index (χ0v) is 16.0. The van der Waals surface area contributed by atoms with E-state index < -0.39 is 0 Å². The van der Waals surface area contributed by atoms with Crippen LogP contribution in [0, 0.1) is 0 Å². The lowest BCUT2D eigenvalue weighted by molar-refractivity contribution is -0.120. The van der Waals surface area contributed by atoms with Gasteiger partial charge in [-0.05, 0) is 35.2 Å². The van der Waals surface area contributed by atoms with Crippen LogP contribution >= 0.6 is 0 Å². The quantitative estimate of drug-likeness (QED) is 0.893. The SMILES string of the molecule is CC(=O)N(CC(=O)Nc1ccc(C(C)(C)C)cc1)c1ccc2c(c1)OCO2. The maximum Gasteiger partial charge on any atom is 0.244 e. The monoisotopic (exact) mass is 368 g/mol. The second kappa shape index (κ2) is 7.31. The molecule has 0 bridgehead atoms. The van der Waals surface area contributed by atoms with Gasteiger partial charge in [0.15, 0.2) is 11.5 Å². The van der Waals surface area contributed by atoms with Crippen LogP contribution in [0.15, 0.2) is 42.5 Å². The number of rotatable bonds is 4. The van der Waals surface area contributed by atoms with Gasteiger partial charge in [0, 0.05) is 24.4 Å². The van der Waals surface area contributed by atoms with Gasteiger partial charge >= 0.3 is 0 Å². The van der Waals surface area contributed by atoms with E-state index in [0.717, 1.165) is 0 Å². The van der Waals surface area contributed by atoms with Gasteiger partial charge in [-0.3, -0.25) is 9.59 Å². The summed E-state index contributed by atoms with van der Waals surface area (Å²) >= 11 is 0. The second-order valence-corrected chi connectivity index (χ2v) is 7.52. The number of hydrogen-bond acceptors (Lipinski definition) is 4. The number of ether oxygens (including phenoxy) is 2. The fourth-order valence-corrected chi connectivity index (χ4v) is 2.84. The van der Waals surface area contributed by atoms with E-state index in [4.69, 9.17) is 9.47 Å². The summed E-state index contributed by atoms with van der Waals surface area (Å²) in [7, 11) is 0. The number of carbonyl (C=O) groups is 2. The number of amides is 2. The molecule has 0 atom stereocenters. The van der Waals surface area contributed by atoms with Crippen LogP contribution in [-0.4, -0.2) is 25.2 Å². The Morgan fingerprint density at radius 3 is 2.33 bits per heavy atom. The van der Waals surface area contributed by atoms with E-state index in [-0.39, 0.29) is 30.6 Å². The molecule has 1 heterocycles. The average Bonchev–Trinajstić information content (AvgIpc) is 3.06.